The number of hydrogen-bond donors (Lipinski definition) is 0. The third-order valence-electron chi connectivity index (χ3n) is 2.78. The Morgan fingerprint density at radius 1 is 1.44 bits per heavy atom. The van der Waals surface area contributed by atoms with E-state index in [2.05, 4.69) is 6.07 Å². The predicted molar refractivity (Wildman–Crippen MR) is 68.8 cm³/mol. The molecular formula is C13H13ClN2O2. The molecule has 1 aliphatic rings. The van der Waals surface area contributed by atoms with E-state index in [1.807, 2.05) is 0 Å². The fourth-order valence-corrected chi connectivity index (χ4v) is 2.06. The van der Waals surface area contributed by atoms with E-state index in [-0.39, 0.29) is 12.5 Å². The number of carbonyl (C=O) groups excluding carboxylic acids is 1. The Morgan fingerprint density at radius 2 is 2.28 bits per heavy atom. The summed E-state index contributed by atoms with van der Waals surface area (Å²) >= 11 is 5.94. The highest BCUT2D eigenvalue weighted by atomic mass is 35.5. The number of rotatable bonds is 4. The summed E-state index contributed by atoms with van der Waals surface area (Å²) in [5.41, 5.74) is 0.718. The summed E-state index contributed by atoms with van der Waals surface area (Å²) in [6, 6.07) is 7.34. The lowest BCUT2D eigenvalue weighted by molar-refractivity contribution is -0.121. The second-order valence-corrected chi connectivity index (χ2v) is 4.50. The Morgan fingerprint density at radius 3 is 3.06 bits per heavy atom. The minimum atomic E-state index is -0.0678. The molecule has 0 fully saturated rings. The van der Waals surface area contributed by atoms with Crippen LogP contribution in [0.1, 0.15) is 19.3 Å². The quantitative estimate of drug-likeness (QED) is 0.786. The summed E-state index contributed by atoms with van der Waals surface area (Å²) in [5, 5.41) is 9.06. The summed E-state index contributed by atoms with van der Waals surface area (Å²) in [6.07, 6.45) is 2.10. The van der Waals surface area contributed by atoms with Crippen molar-refractivity contribution in [3.8, 4) is 11.8 Å². The number of fused-ring (bicyclic) bond motifs is 1. The Labute approximate surface area is 111 Å². The second kappa shape index (κ2) is 5.74. The first-order valence-electron chi connectivity index (χ1n) is 5.82. The summed E-state index contributed by atoms with van der Waals surface area (Å²) in [6.45, 7) is 0.657. The van der Waals surface area contributed by atoms with Gasteiger partial charge < -0.3 is 9.64 Å². The lowest BCUT2D eigenvalue weighted by atomic mass is 10.2. The summed E-state index contributed by atoms with van der Waals surface area (Å²) in [5.74, 6) is 0.612. The molecule has 0 atom stereocenters. The molecule has 0 aliphatic carbocycles. The van der Waals surface area contributed by atoms with Crippen molar-refractivity contribution in [3.05, 3.63) is 23.2 Å². The van der Waals surface area contributed by atoms with Gasteiger partial charge in [0.05, 0.1) is 11.8 Å². The zero-order chi connectivity index (χ0) is 13.0. The molecule has 5 heteroatoms. The second-order valence-electron chi connectivity index (χ2n) is 4.06. The zero-order valence-corrected chi connectivity index (χ0v) is 10.6. The molecule has 0 aromatic heterocycles. The van der Waals surface area contributed by atoms with Gasteiger partial charge in [-0.05, 0) is 31.0 Å². The van der Waals surface area contributed by atoms with E-state index in [0.29, 0.717) is 23.7 Å². The fraction of sp³-hybridized carbons (Fsp3) is 0.385. The molecule has 0 spiro atoms. The van der Waals surface area contributed by atoms with Crippen LogP contribution < -0.4 is 9.64 Å². The maximum Gasteiger partial charge on any atom is 0.265 e. The number of anilines is 1. The molecule has 0 saturated heterocycles. The molecule has 94 valence electrons. The molecule has 2 rings (SSSR count). The monoisotopic (exact) mass is 264 g/mol. The van der Waals surface area contributed by atoms with Gasteiger partial charge in [-0.3, -0.25) is 4.79 Å². The number of unbranched alkanes of at least 4 members (excludes halogenated alkanes) is 2. The van der Waals surface area contributed by atoms with Crippen molar-refractivity contribution in [2.24, 2.45) is 0 Å². The average molecular weight is 265 g/mol. The highest BCUT2D eigenvalue weighted by molar-refractivity contribution is 6.31. The molecule has 1 aromatic rings. The van der Waals surface area contributed by atoms with Crippen LogP contribution in [0.15, 0.2) is 18.2 Å². The van der Waals surface area contributed by atoms with Gasteiger partial charge in [0.25, 0.3) is 5.91 Å². The maximum absolute atomic E-state index is 11.8. The Balaban J connectivity index is 2.12. The van der Waals surface area contributed by atoms with Crippen molar-refractivity contribution < 1.29 is 9.53 Å². The van der Waals surface area contributed by atoms with Crippen LogP contribution in [0.5, 0.6) is 5.75 Å². The first-order valence-corrected chi connectivity index (χ1v) is 6.20. The van der Waals surface area contributed by atoms with Gasteiger partial charge in [0.15, 0.2) is 6.61 Å². The lowest BCUT2D eigenvalue weighted by Crippen LogP contribution is -2.39. The van der Waals surface area contributed by atoms with Crippen LogP contribution in [0.4, 0.5) is 5.69 Å². The average Bonchev–Trinajstić information content (AvgIpc) is 2.36. The number of nitrogens with zero attached hydrogens (tertiary/aromatic N) is 2. The van der Waals surface area contributed by atoms with Gasteiger partial charge in [-0.1, -0.05) is 11.6 Å². The van der Waals surface area contributed by atoms with E-state index in [0.717, 1.165) is 18.5 Å². The normalized spacial score (nSPS) is 13.8. The van der Waals surface area contributed by atoms with E-state index < -0.39 is 0 Å². The smallest absolute Gasteiger partial charge is 0.265 e. The van der Waals surface area contributed by atoms with Crippen molar-refractivity contribution in [2.75, 3.05) is 18.1 Å². The van der Waals surface area contributed by atoms with Crippen LogP contribution in [0.2, 0.25) is 5.02 Å². The van der Waals surface area contributed by atoms with Gasteiger partial charge in [-0.2, -0.15) is 5.26 Å². The van der Waals surface area contributed by atoms with Gasteiger partial charge in [0.2, 0.25) is 0 Å². The number of hydrogen-bond acceptors (Lipinski definition) is 3. The van der Waals surface area contributed by atoms with E-state index >= 15 is 0 Å². The molecular weight excluding hydrogens is 252 g/mol. The highest BCUT2D eigenvalue weighted by Gasteiger charge is 2.25. The largest absolute Gasteiger partial charge is 0.482 e. The number of halogens is 1. The Bertz CT molecular complexity index is 496. The first-order chi connectivity index (χ1) is 8.72. The number of nitriles is 1. The minimum Gasteiger partial charge on any atom is -0.482 e. The topological polar surface area (TPSA) is 53.3 Å². The summed E-state index contributed by atoms with van der Waals surface area (Å²) < 4.78 is 5.35. The number of benzene rings is 1. The van der Waals surface area contributed by atoms with E-state index in [9.17, 15) is 4.79 Å². The lowest BCUT2D eigenvalue weighted by Gasteiger charge is -2.29. The minimum absolute atomic E-state index is 0.0624. The maximum atomic E-state index is 11.8. The van der Waals surface area contributed by atoms with Crippen molar-refractivity contribution in [3.63, 3.8) is 0 Å². The number of ether oxygens (including phenoxy) is 1. The Hall–Kier alpha value is -1.73. The third-order valence-corrected chi connectivity index (χ3v) is 3.02. The van der Waals surface area contributed by atoms with E-state index in [4.69, 9.17) is 21.6 Å². The van der Waals surface area contributed by atoms with Gasteiger partial charge >= 0.3 is 0 Å². The molecule has 1 heterocycles. The first kappa shape index (κ1) is 12.7. The molecule has 0 bridgehead atoms. The van der Waals surface area contributed by atoms with Crippen LogP contribution in [0.25, 0.3) is 0 Å². The highest BCUT2D eigenvalue weighted by Crippen LogP contribution is 2.34. The van der Waals surface area contributed by atoms with Gasteiger partial charge in [0, 0.05) is 18.0 Å². The summed E-state index contributed by atoms with van der Waals surface area (Å²) in [4.78, 5) is 13.5. The van der Waals surface area contributed by atoms with Crippen LogP contribution in [0, 0.1) is 11.3 Å². The van der Waals surface area contributed by atoms with E-state index in [1.165, 1.54) is 0 Å². The van der Waals surface area contributed by atoms with Crippen molar-refractivity contribution in [1.29, 1.82) is 5.26 Å². The molecule has 1 amide bonds. The molecule has 1 aromatic carbocycles. The number of carbonyl (C=O) groups is 1. The van der Waals surface area contributed by atoms with Crippen molar-refractivity contribution in [2.45, 2.75) is 19.3 Å². The van der Waals surface area contributed by atoms with E-state index in [1.54, 1.807) is 23.1 Å². The zero-order valence-electron chi connectivity index (χ0n) is 9.86. The van der Waals surface area contributed by atoms with Crippen LogP contribution in [0.3, 0.4) is 0 Å². The fourth-order valence-electron chi connectivity index (χ4n) is 1.89. The molecule has 18 heavy (non-hydrogen) atoms. The van der Waals surface area contributed by atoms with Gasteiger partial charge in [-0.15, -0.1) is 0 Å². The summed E-state index contributed by atoms with van der Waals surface area (Å²) in [7, 11) is 0. The van der Waals surface area contributed by atoms with Crippen LogP contribution in [-0.4, -0.2) is 19.1 Å². The van der Waals surface area contributed by atoms with Crippen LogP contribution >= 0.6 is 11.6 Å². The molecule has 0 unspecified atom stereocenters. The molecule has 0 N–H and O–H groups in total. The molecule has 4 nitrogen and oxygen atoms in total. The number of amides is 1. The standard InChI is InChI=1S/C13H13ClN2O2/c14-10-4-5-12-11(8-10)16(13(17)9-18-12)7-3-1-2-6-15/h4-5,8H,1-3,7,9H2. The predicted octanol–water partition coefficient (Wildman–Crippen LogP) is 2.76. The van der Waals surface area contributed by atoms with Crippen molar-refractivity contribution >= 4 is 23.2 Å². The SMILES string of the molecule is N#CCCCCN1C(=O)COc2ccc(Cl)cc21. The molecule has 0 saturated carbocycles. The molecule has 0 radical (unpaired) electrons. The Kier molecular flexibility index (Phi) is 4.06. The molecule has 1 aliphatic heterocycles. The van der Waals surface area contributed by atoms with Gasteiger partial charge in [0.1, 0.15) is 5.75 Å². The van der Waals surface area contributed by atoms with Crippen molar-refractivity contribution in [1.82, 2.24) is 0 Å². The third kappa shape index (κ3) is 2.74. The van der Waals surface area contributed by atoms with Crippen LogP contribution in [-0.2, 0) is 4.79 Å². The van der Waals surface area contributed by atoms with Gasteiger partial charge in [-0.25, -0.2) is 0 Å².